The Kier molecular flexibility index (Phi) is 4.04. The molecule has 1 aliphatic rings. The molecule has 0 aliphatic carbocycles. The van der Waals surface area contributed by atoms with Crippen LogP contribution in [0.15, 0.2) is 0 Å². The lowest BCUT2D eigenvalue weighted by atomic mass is 10.2. The van der Waals surface area contributed by atoms with Crippen LogP contribution in [0.2, 0.25) is 0 Å². The van der Waals surface area contributed by atoms with E-state index in [-0.39, 0.29) is 33.4 Å². The van der Waals surface area contributed by atoms with Gasteiger partial charge in [-0.05, 0) is 13.3 Å². The average Bonchev–Trinajstić information content (AvgIpc) is 2.90. The quantitative estimate of drug-likeness (QED) is 0.821. The lowest BCUT2D eigenvalue weighted by Gasteiger charge is -2.22. The van der Waals surface area contributed by atoms with Gasteiger partial charge < -0.3 is 4.90 Å². The first kappa shape index (κ1) is 16.2. The maximum absolute atomic E-state index is 12.6. The lowest BCUT2D eigenvalue weighted by Crippen LogP contribution is -2.37. The monoisotopic (exact) mass is 342 g/mol. The van der Waals surface area contributed by atoms with Gasteiger partial charge in [0, 0.05) is 13.1 Å². The minimum absolute atomic E-state index is 0.00466. The van der Waals surface area contributed by atoms with Gasteiger partial charge in [0.05, 0.1) is 17.2 Å². The number of aromatic nitrogens is 1. The summed E-state index contributed by atoms with van der Waals surface area (Å²) in [5.41, 5.74) is 0.00466. The fourth-order valence-electron chi connectivity index (χ4n) is 2.12. The third-order valence-corrected chi connectivity index (χ3v) is 6.25. The maximum Gasteiger partial charge on any atom is 0.443 e. The van der Waals surface area contributed by atoms with E-state index in [9.17, 15) is 26.4 Å². The van der Waals surface area contributed by atoms with Gasteiger partial charge in [0.15, 0.2) is 14.8 Å². The molecule has 118 valence electrons. The highest BCUT2D eigenvalue weighted by Gasteiger charge is 2.38. The van der Waals surface area contributed by atoms with Crippen LogP contribution >= 0.6 is 11.3 Å². The molecule has 0 saturated carbocycles. The van der Waals surface area contributed by atoms with Crippen LogP contribution in [0.3, 0.4) is 0 Å². The summed E-state index contributed by atoms with van der Waals surface area (Å²) < 4.78 is 60.6. The van der Waals surface area contributed by atoms with Crippen LogP contribution in [-0.2, 0) is 16.0 Å². The number of sulfone groups is 1. The Labute approximate surface area is 123 Å². The second-order valence-corrected chi connectivity index (χ2v) is 8.13. The van der Waals surface area contributed by atoms with Gasteiger partial charge in [-0.15, -0.1) is 11.3 Å². The van der Waals surface area contributed by atoms with Gasteiger partial charge in [0.2, 0.25) is 0 Å². The molecule has 2 heterocycles. The van der Waals surface area contributed by atoms with E-state index in [0.29, 0.717) is 6.42 Å². The fraction of sp³-hybridized carbons (Fsp3) is 0.636. The summed E-state index contributed by atoms with van der Waals surface area (Å²) in [6, 6.07) is -0.502. The van der Waals surface area contributed by atoms with Crippen molar-refractivity contribution in [1.29, 1.82) is 0 Å². The molecule has 1 saturated heterocycles. The number of aryl methyl sites for hydroxylation is 1. The number of halogens is 3. The van der Waals surface area contributed by atoms with Gasteiger partial charge >= 0.3 is 6.18 Å². The first-order chi connectivity index (χ1) is 9.51. The minimum Gasteiger partial charge on any atom is -0.337 e. The Hall–Kier alpha value is -1.16. The topological polar surface area (TPSA) is 67.3 Å². The second-order valence-electron chi connectivity index (χ2n) is 4.90. The summed E-state index contributed by atoms with van der Waals surface area (Å²) in [5, 5.41) is -1.07. The number of hydrogen-bond acceptors (Lipinski definition) is 5. The molecule has 0 aromatic carbocycles. The maximum atomic E-state index is 12.6. The summed E-state index contributed by atoms with van der Waals surface area (Å²) in [4.78, 5) is 16.7. The predicted molar refractivity (Wildman–Crippen MR) is 71.0 cm³/mol. The third-order valence-electron chi connectivity index (χ3n) is 3.31. The normalized spacial score (nSPS) is 21.5. The zero-order valence-electron chi connectivity index (χ0n) is 11.3. The molecule has 1 aliphatic heterocycles. The number of rotatable bonds is 2. The van der Waals surface area contributed by atoms with Crippen molar-refractivity contribution in [3.05, 3.63) is 15.6 Å². The standard InChI is InChI=1S/C11H13F3N2O3S2/c1-6-8(20-10(15-6)11(12,13)14)9(17)16(2)7-3-4-21(18,19)5-7/h7H,3-5H2,1-2H3. The predicted octanol–water partition coefficient (Wildman–Crippen LogP) is 1.73. The molecule has 0 N–H and O–H groups in total. The van der Waals surface area contributed by atoms with Crippen molar-refractivity contribution < 1.29 is 26.4 Å². The Morgan fingerprint density at radius 1 is 1.43 bits per heavy atom. The van der Waals surface area contributed by atoms with Crippen molar-refractivity contribution in [2.24, 2.45) is 0 Å². The van der Waals surface area contributed by atoms with Crippen LogP contribution in [0.1, 0.15) is 26.8 Å². The van der Waals surface area contributed by atoms with E-state index < -0.39 is 33.0 Å². The Bertz CT molecular complexity index is 667. The van der Waals surface area contributed by atoms with Crippen molar-refractivity contribution >= 4 is 27.1 Å². The molecule has 1 atom stereocenters. The first-order valence-corrected chi connectivity index (χ1v) is 8.67. The molecule has 21 heavy (non-hydrogen) atoms. The van der Waals surface area contributed by atoms with Gasteiger partial charge in [-0.2, -0.15) is 13.2 Å². The van der Waals surface area contributed by atoms with E-state index in [1.807, 2.05) is 0 Å². The smallest absolute Gasteiger partial charge is 0.337 e. The lowest BCUT2D eigenvalue weighted by molar-refractivity contribution is -0.137. The molecule has 0 spiro atoms. The molecular weight excluding hydrogens is 329 g/mol. The van der Waals surface area contributed by atoms with Gasteiger partial charge in [0.25, 0.3) is 5.91 Å². The highest BCUT2D eigenvalue weighted by molar-refractivity contribution is 7.91. The molecule has 1 aromatic rings. The largest absolute Gasteiger partial charge is 0.443 e. The second kappa shape index (κ2) is 5.24. The zero-order valence-corrected chi connectivity index (χ0v) is 12.9. The van der Waals surface area contributed by atoms with E-state index in [0.717, 1.165) is 0 Å². The highest BCUT2D eigenvalue weighted by atomic mass is 32.2. The minimum atomic E-state index is -4.59. The number of carbonyl (C=O) groups is 1. The van der Waals surface area contributed by atoms with Gasteiger partial charge in [-0.25, -0.2) is 13.4 Å². The molecule has 5 nitrogen and oxygen atoms in total. The SMILES string of the molecule is Cc1nc(C(F)(F)F)sc1C(=O)N(C)C1CCS(=O)(=O)C1. The van der Waals surface area contributed by atoms with Gasteiger partial charge in [-0.3, -0.25) is 4.79 Å². The van der Waals surface area contributed by atoms with E-state index in [1.54, 1.807) is 0 Å². The number of hydrogen-bond donors (Lipinski definition) is 0. The van der Waals surface area contributed by atoms with Crippen LogP contribution in [0.25, 0.3) is 0 Å². The number of carbonyl (C=O) groups excluding carboxylic acids is 1. The number of thiazole rings is 1. The first-order valence-electron chi connectivity index (χ1n) is 6.03. The van der Waals surface area contributed by atoms with E-state index in [2.05, 4.69) is 4.98 Å². The molecule has 1 amide bonds. The number of alkyl halides is 3. The number of amides is 1. The van der Waals surface area contributed by atoms with Crippen LogP contribution < -0.4 is 0 Å². The molecule has 10 heteroatoms. The summed E-state index contributed by atoms with van der Waals surface area (Å²) in [6.45, 7) is 1.33. The zero-order chi connectivity index (χ0) is 16.0. The highest BCUT2D eigenvalue weighted by Crippen LogP contribution is 2.34. The van der Waals surface area contributed by atoms with E-state index >= 15 is 0 Å². The van der Waals surface area contributed by atoms with Crippen molar-refractivity contribution in [3.63, 3.8) is 0 Å². The molecule has 0 bridgehead atoms. The average molecular weight is 342 g/mol. The molecule has 2 rings (SSSR count). The Morgan fingerprint density at radius 3 is 2.48 bits per heavy atom. The van der Waals surface area contributed by atoms with Crippen LogP contribution in [0, 0.1) is 6.92 Å². The van der Waals surface area contributed by atoms with E-state index in [1.165, 1.54) is 18.9 Å². The third kappa shape index (κ3) is 3.37. The summed E-state index contributed by atoms with van der Waals surface area (Å²) >= 11 is 0.285. The number of nitrogens with zero attached hydrogens (tertiary/aromatic N) is 2. The van der Waals surface area contributed by atoms with Crippen molar-refractivity contribution in [2.45, 2.75) is 25.6 Å². The van der Waals surface area contributed by atoms with Crippen LogP contribution in [0.4, 0.5) is 13.2 Å². The molecule has 1 aromatic heterocycles. The van der Waals surface area contributed by atoms with Crippen molar-refractivity contribution in [3.8, 4) is 0 Å². The van der Waals surface area contributed by atoms with Gasteiger partial charge in [-0.1, -0.05) is 0 Å². The Morgan fingerprint density at radius 2 is 2.05 bits per heavy atom. The summed E-state index contributed by atoms with van der Waals surface area (Å²) in [6.07, 6.45) is -4.29. The molecule has 0 radical (unpaired) electrons. The molecule has 1 fully saturated rings. The van der Waals surface area contributed by atoms with Crippen LogP contribution in [-0.4, -0.2) is 48.8 Å². The molecular formula is C11H13F3N2O3S2. The van der Waals surface area contributed by atoms with Crippen molar-refractivity contribution in [1.82, 2.24) is 9.88 Å². The fourth-order valence-corrected chi connectivity index (χ4v) is 4.81. The molecule has 1 unspecified atom stereocenters. The summed E-state index contributed by atoms with van der Waals surface area (Å²) in [5.74, 6) is -0.785. The van der Waals surface area contributed by atoms with E-state index in [4.69, 9.17) is 0 Å². The van der Waals surface area contributed by atoms with Gasteiger partial charge in [0.1, 0.15) is 4.88 Å². The Balaban J connectivity index is 2.23. The van der Waals surface area contributed by atoms with Crippen LogP contribution in [0.5, 0.6) is 0 Å². The summed E-state index contributed by atoms with van der Waals surface area (Å²) in [7, 11) is -1.77. The van der Waals surface area contributed by atoms with Crippen molar-refractivity contribution in [2.75, 3.05) is 18.6 Å².